The molecule has 106 valence electrons. The topological polar surface area (TPSA) is 59.1 Å². The minimum absolute atomic E-state index is 0.123. The van der Waals surface area contributed by atoms with E-state index in [0.717, 1.165) is 12.1 Å². The highest BCUT2D eigenvalue weighted by Crippen LogP contribution is 2.41. The van der Waals surface area contributed by atoms with Crippen LogP contribution in [0.3, 0.4) is 0 Å². The van der Waals surface area contributed by atoms with Gasteiger partial charge in [-0.3, -0.25) is 0 Å². The van der Waals surface area contributed by atoms with Crippen molar-refractivity contribution in [3.05, 3.63) is 18.3 Å². The van der Waals surface area contributed by atoms with Gasteiger partial charge in [-0.05, 0) is 36.3 Å². The molecule has 0 saturated heterocycles. The zero-order valence-corrected chi connectivity index (χ0v) is 12.8. The Morgan fingerprint density at radius 3 is 2.42 bits per heavy atom. The average molecular weight is 282 g/mol. The summed E-state index contributed by atoms with van der Waals surface area (Å²) in [5, 5.41) is 3.59. The van der Waals surface area contributed by atoms with E-state index < -0.39 is 9.84 Å². The van der Waals surface area contributed by atoms with Crippen molar-refractivity contribution in [2.45, 2.75) is 44.7 Å². The van der Waals surface area contributed by atoms with E-state index in [9.17, 15) is 8.42 Å². The third kappa shape index (κ3) is 3.47. The molecule has 1 N–H and O–H groups in total. The van der Waals surface area contributed by atoms with Crippen molar-refractivity contribution in [1.29, 1.82) is 0 Å². The van der Waals surface area contributed by atoms with Gasteiger partial charge in [0.05, 0.1) is 11.9 Å². The summed E-state index contributed by atoms with van der Waals surface area (Å²) in [6.07, 6.45) is 5.11. The van der Waals surface area contributed by atoms with Crippen LogP contribution in [0.5, 0.6) is 0 Å². The molecule has 2 rings (SSSR count). The van der Waals surface area contributed by atoms with Crippen molar-refractivity contribution < 1.29 is 8.42 Å². The molecule has 0 amide bonds. The maximum absolute atomic E-state index is 11.3. The molecule has 2 atom stereocenters. The van der Waals surface area contributed by atoms with Crippen LogP contribution in [0.4, 0.5) is 5.69 Å². The van der Waals surface area contributed by atoms with Crippen LogP contribution in [0.2, 0.25) is 0 Å². The van der Waals surface area contributed by atoms with Crippen LogP contribution in [0, 0.1) is 11.3 Å². The Labute approximate surface area is 115 Å². The number of pyridine rings is 1. The Balaban J connectivity index is 2.09. The van der Waals surface area contributed by atoms with Gasteiger partial charge >= 0.3 is 0 Å². The smallest absolute Gasteiger partial charge is 0.192 e. The molecule has 0 aliphatic heterocycles. The van der Waals surface area contributed by atoms with Crippen LogP contribution in [-0.4, -0.2) is 25.7 Å². The molecular weight excluding hydrogens is 260 g/mol. The van der Waals surface area contributed by atoms with Crippen LogP contribution >= 0.6 is 0 Å². The third-order valence-corrected chi connectivity index (χ3v) is 4.80. The van der Waals surface area contributed by atoms with Gasteiger partial charge in [0.1, 0.15) is 0 Å². The number of hydrogen-bond acceptors (Lipinski definition) is 4. The highest BCUT2D eigenvalue weighted by Gasteiger charge is 2.36. The maximum Gasteiger partial charge on any atom is 0.192 e. The van der Waals surface area contributed by atoms with Gasteiger partial charge < -0.3 is 5.32 Å². The Hall–Kier alpha value is -1.10. The molecule has 4 nitrogen and oxygen atoms in total. The van der Waals surface area contributed by atoms with Gasteiger partial charge in [0, 0.05) is 12.3 Å². The molecule has 1 aliphatic rings. The summed E-state index contributed by atoms with van der Waals surface area (Å²) >= 11 is 0. The molecule has 5 heteroatoms. The third-order valence-electron chi connectivity index (χ3n) is 3.80. The van der Waals surface area contributed by atoms with Gasteiger partial charge in [-0.2, -0.15) is 0 Å². The van der Waals surface area contributed by atoms with Crippen LogP contribution in [0.25, 0.3) is 0 Å². The van der Waals surface area contributed by atoms with Gasteiger partial charge in [-0.15, -0.1) is 0 Å². The van der Waals surface area contributed by atoms with Crippen LogP contribution in [0.15, 0.2) is 23.4 Å². The van der Waals surface area contributed by atoms with E-state index in [-0.39, 0.29) is 5.03 Å². The summed E-state index contributed by atoms with van der Waals surface area (Å²) in [6.45, 7) is 6.83. The Kier molecular flexibility index (Phi) is 3.60. The van der Waals surface area contributed by atoms with E-state index in [0.29, 0.717) is 17.4 Å². The lowest BCUT2D eigenvalue weighted by molar-refractivity contribution is 0.366. The van der Waals surface area contributed by atoms with E-state index in [4.69, 9.17) is 0 Å². The highest BCUT2D eigenvalue weighted by atomic mass is 32.2. The van der Waals surface area contributed by atoms with Gasteiger partial charge in [-0.1, -0.05) is 20.8 Å². The number of aromatic nitrogens is 1. The molecule has 0 bridgehead atoms. The minimum atomic E-state index is -3.22. The lowest BCUT2D eigenvalue weighted by Crippen LogP contribution is -2.22. The van der Waals surface area contributed by atoms with Gasteiger partial charge in [-0.25, -0.2) is 13.4 Å². The molecular formula is C14H22N2O2S. The molecule has 2 unspecified atom stereocenters. The Bertz CT molecular complexity index is 549. The first kappa shape index (κ1) is 14.3. The fraction of sp³-hybridized carbons (Fsp3) is 0.643. The fourth-order valence-electron chi connectivity index (χ4n) is 2.99. The van der Waals surface area contributed by atoms with Gasteiger partial charge in [0.25, 0.3) is 0 Å². The Morgan fingerprint density at radius 1 is 1.32 bits per heavy atom. The Morgan fingerprint density at radius 2 is 2.00 bits per heavy atom. The van der Waals surface area contributed by atoms with Crippen LogP contribution < -0.4 is 5.32 Å². The molecule has 1 heterocycles. The van der Waals surface area contributed by atoms with Crippen molar-refractivity contribution in [1.82, 2.24) is 4.98 Å². The van der Waals surface area contributed by atoms with Crippen molar-refractivity contribution >= 4 is 15.5 Å². The zero-order chi connectivity index (χ0) is 14.3. The SMILES string of the molecule is CC1CC(C)(C)CC1Nc1ccc(S(C)(=O)=O)nc1. The standard InChI is InChI=1S/C14H22N2O2S/c1-10-7-14(2,3)8-12(10)16-11-5-6-13(15-9-11)19(4,17)18/h5-6,9-10,12,16H,7-8H2,1-4H3. The molecule has 1 aromatic rings. The monoisotopic (exact) mass is 282 g/mol. The summed E-state index contributed by atoms with van der Waals surface area (Å²) in [5.41, 5.74) is 1.26. The fourth-order valence-corrected chi connectivity index (χ4v) is 3.55. The largest absolute Gasteiger partial charge is 0.381 e. The minimum Gasteiger partial charge on any atom is -0.381 e. The molecule has 0 radical (unpaired) electrons. The number of rotatable bonds is 3. The lowest BCUT2D eigenvalue weighted by Gasteiger charge is -2.19. The second-order valence-corrected chi connectivity index (χ2v) is 8.42. The number of nitrogens with one attached hydrogen (secondary N) is 1. The quantitative estimate of drug-likeness (QED) is 0.926. The van der Waals surface area contributed by atoms with Crippen molar-refractivity contribution in [3.63, 3.8) is 0 Å². The zero-order valence-electron chi connectivity index (χ0n) is 12.0. The van der Waals surface area contributed by atoms with E-state index in [1.54, 1.807) is 18.3 Å². The molecule has 0 aromatic carbocycles. The summed E-state index contributed by atoms with van der Waals surface area (Å²) in [4.78, 5) is 4.00. The van der Waals surface area contributed by atoms with E-state index in [1.165, 1.54) is 12.7 Å². The number of anilines is 1. The summed E-state index contributed by atoms with van der Waals surface area (Å²) in [7, 11) is -3.22. The van der Waals surface area contributed by atoms with Crippen LogP contribution in [-0.2, 0) is 9.84 Å². The number of sulfone groups is 1. The van der Waals surface area contributed by atoms with Crippen molar-refractivity contribution in [2.75, 3.05) is 11.6 Å². The maximum atomic E-state index is 11.3. The first-order valence-corrected chi connectivity index (χ1v) is 8.49. The van der Waals surface area contributed by atoms with Gasteiger partial charge in [0.15, 0.2) is 14.9 Å². The predicted octanol–water partition coefficient (Wildman–Crippen LogP) is 2.72. The van der Waals surface area contributed by atoms with Crippen molar-refractivity contribution in [3.8, 4) is 0 Å². The first-order valence-electron chi connectivity index (χ1n) is 6.60. The molecule has 0 spiro atoms. The molecule has 1 saturated carbocycles. The van der Waals surface area contributed by atoms with Crippen molar-refractivity contribution in [2.24, 2.45) is 11.3 Å². The van der Waals surface area contributed by atoms with Crippen LogP contribution in [0.1, 0.15) is 33.6 Å². The normalized spacial score (nSPS) is 26.3. The van der Waals surface area contributed by atoms with E-state index in [1.807, 2.05) is 0 Å². The molecule has 1 aromatic heterocycles. The first-order chi connectivity index (χ1) is 8.67. The summed E-state index contributed by atoms with van der Waals surface area (Å²) < 4.78 is 22.7. The predicted molar refractivity (Wildman–Crippen MR) is 76.9 cm³/mol. The molecule has 1 aliphatic carbocycles. The second-order valence-electron chi connectivity index (χ2n) is 6.46. The second kappa shape index (κ2) is 4.78. The summed E-state index contributed by atoms with van der Waals surface area (Å²) in [5.74, 6) is 0.615. The van der Waals surface area contributed by atoms with E-state index >= 15 is 0 Å². The lowest BCUT2D eigenvalue weighted by atomic mass is 9.91. The van der Waals surface area contributed by atoms with E-state index in [2.05, 4.69) is 31.1 Å². The number of nitrogens with zero attached hydrogens (tertiary/aromatic N) is 1. The highest BCUT2D eigenvalue weighted by molar-refractivity contribution is 7.90. The molecule has 19 heavy (non-hydrogen) atoms. The van der Waals surface area contributed by atoms with Gasteiger partial charge in [0.2, 0.25) is 0 Å². The number of hydrogen-bond donors (Lipinski definition) is 1. The average Bonchev–Trinajstić information content (AvgIpc) is 2.51. The molecule has 1 fully saturated rings. The summed E-state index contributed by atoms with van der Waals surface area (Å²) in [6, 6.07) is 3.78.